The van der Waals surface area contributed by atoms with Crippen LogP contribution in [0, 0.1) is 11.8 Å². The summed E-state index contributed by atoms with van der Waals surface area (Å²) in [5.74, 6) is 0.456. The Bertz CT molecular complexity index is 213. The maximum absolute atomic E-state index is 11.1. The van der Waals surface area contributed by atoms with Crippen LogP contribution in [-0.4, -0.2) is 24.8 Å². The summed E-state index contributed by atoms with van der Waals surface area (Å²) in [6.07, 6.45) is 2.71. The number of ether oxygens (including phenoxy) is 2. The highest BCUT2D eigenvalue weighted by Crippen LogP contribution is 2.46. The molecule has 3 aliphatic rings. The fraction of sp³-hybridized carbons (Fsp3) is 0.875. The van der Waals surface area contributed by atoms with Gasteiger partial charge in [0.25, 0.3) is 0 Å². The maximum Gasteiger partial charge on any atom is 0.312 e. The smallest absolute Gasteiger partial charge is 0.312 e. The predicted molar refractivity (Wildman–Crippen MR) is 35.8 cm³/mol. The van der Waals surface area contributed by atoms with Gasteiger partial charge < -0.3 is 9.47 Å². The lowest BCUT2D eigenvalue weighted by Crippen LogP contribution is -2.27. The third-order valence-corrected chi connectivity index (χ3v) is 3.11. The van der Waals surface area contributed by atoms with Crippen LogP contribution in [0.15, 0.2) is 0 Å². The first-order chi connectivity index (χ1) is 5.36. The molecule has 0 aromatic heterocycles. The lowest BCUT2D eigenvalue weighted by Gasteiger charge is -2.14. The molecule has 11 heavy (non-hydrogen) atoms. The minimum Gasteiger partial charge on any atom is -0.465 e. The zero-order valence-corrected chi connectivity index (χ0v) is 6.16. The molecule has 0 amide bonds. The van der Waals surface area contributed by atoms with E-state index in [0.29, 0.717) is 18.6 Å². The number of hydrogen-bond acceptors (Lipinski definition) is 3. The Morgan fingerprint density at radius 3 is 2.91 bits per heavy atom. The van der Waals surface area contributed by atoms with Crippen LogP contribution in [0.3, 0.4) is 0 Å². The molecule has 3 rings (SSSR count). The summed E-state index contributed by atoms with van der Waals surface area (Å²) < 4.78 is 10.6. The molecule has 4 atom stereocenters. The molecule has 0 radical (unpaired) electrons. The van der Waals surface area contributed by atoms with E-state index in [1.54, 1.807) is 0 Å². The zero-order valence-electron chi connectivity index (χ0n) is 6.16. The van der Waals surface area contributed by atoms with Gasteiger partial charge in [0.05, 0.1) is 24.7 Å². The fourth-order valence-corrected chi connectivity index (χ4v) is 2.59. The minimum atomic E-state index is -0.0257. The Morgan fingerprint density at radius 1 is 1.27 bits per heavy atom. The van der Waals surface area contributed by atoms with Gasteiger partial charge in [0, 0.05) is 5.92 Å². The first-order valence-corrected chi connectivity index (χ1v) is 4.18. The van der Waals surface area contributed by atoms with Crippen molar-refractivity contribution in [1.82, 2.24) is 0 Å². The Balaban J connectivity index is 1.97. The number of fused-ring (bicyclic) bond motifs is 5. The number of hydrogen-bond donors (Lipinski definition) is 0. The summed E-state index contributed by atoms with van der Waals surface area (Å²) in [5, 5.41) is 0. The number of rotatable bonds is 0. The first kappa shape index (κ1) is 6.00. The van der Waals surface area contributed by atoms with Crippen LogP contribution in [-0.2, 0) is 14.3 Å². The van der Waals surface area contributed by atoms with Gasteiger partial charge in [0.15, 0.2) is 0 Å². The van der Waals surface area contributed by atoms with Crippen molar-refractivity contribution in [1.29, 1.82) is 0 Å². The van der Waals surface area contributed by atoms with Gasteiger partial charge in [-0.3, -0.25) is 4.79 Å². The maximum atomic E-state index is 11.1. The highest BCUT2D eigenvalue weighted by atomic mass is 16.6. The van der Waals surface area contributed by atoms with Gasteiger partial charge in [0.1, 0.15) is 0 Å². The van der Waals surface area contributed by atoms with E-state index >= 15 is 0 Å². The van der Waals surface area contributed by atoms with Crippen molar-refractivity contribution in [2.45, 2.75) is 25.0 Å². The molecule has 0 aromatic rings. The van der Waals surface area contributed by atoms with Gasteiger partial charge >= 0.3 is 5.97 Å². The van der Waals surface area contributed by atoms with E-state index in [0.717, 1.165) is 12.8 Å². The molecule has 2 bridgehead atoms. The van der Waals surface area contributed by atoms with E-state index in [1.165, 1.54) is 0 Å². The van der Waals surface area contributed by atoms with E-state index in [2.05, 4.69) is 0 Å². The quantitative estimate of drug-likeness (QED) is 0.472. The largest absolute Gasteiger partial charge is 0.465 e. The van der Waals surface area contributed by atoms with Crippen molar-refractivity contribution in [3.05, 3.63) is 0 Å². The van der Waals surface area contributed by atoms with Crippen molar-refractivity contribution < 1.29 is 14.3 Å². The van der Waals surface area contributed by atoms with Crippen molar-refractivity contribution in [2.75, 3.05) is 6.61 Å². The first-order valence-electron chi connectivity index (χ1n) is 4.18. The van der Waals surface area contributed by atoms with Crippen LogP contribution < -0.4 is 0 Å². The molecule has 3 heteroatoms. The molecular formula is C8H10O3. The Hall–Kier alpha value is -0.570. The van der Waals surface area contributed by atoms with E-state index in [4.69, 9.17) is 9.47 Å². The van der Waals surface area contributed by atoms with E-state index in [1.807, 2.05) is 0 Å². The summed E-state index contributed by atoms with van der Waals surface area (Å²) in [4.78, 5) is 11.1. The second-order valence-corrected chi connectivity index (χ2v) is 3.61. The van der Waals surface area contributed by atoms with Gasteiger partial charge in [-0.2, -0.15) is 0 Å². The highest BCUT2D eigenvalue weighted by molar-refractivity contribution is 5.76. The third-order valence-electron chi connectivity index (χ3n) is 3.11. The van der Waals surface area contributed by atoms with Crippen LogP contribution in [0.2, 0.25) is 0 Å². The Morgan fingerprint density at radius 2 is 2.09 bits per heavy atom. The highest BCUT2D eigenvalue weighted by Gasteiger charge is 2.56. The molecule has 3 aliphatic heterocycles. The normalized spacial score (nSPS) is 52.9. The van der Waals surface area contributed by atoms with Crippen LogP contribution in [0.25, 0.3) is 0 Å². The summed E-state index contributed by atoms with van der Waals surface area (Å²) >= 11 is 0. The molecule has 3 saturated heterocycles. The molecule has 0 saturated carbocycles. The average molecular weight is 154 g/mol. The average Bonchev–Trinajstić information content (AvgIpc) is 2.60. The molecule has 3 fully saturated rings. The summed E-state index contributed by atoms with van der Waals surface area (Å²) in [6, 6.07) is 0. The van der Waals surface area contributed by atoms with E-state index in [-0.39, 0.29) is 18.0 Å². The number of esters is 1. The molecule has 0 spiro atoms. The van der Waals surface area contributed by atoms with E-state index < -0.39 is 0 Å². The summed E-state index contributed by atoms with van der Waals surface area (Å²) in [7, 11) is 0. The predicted octanol–water partition coefficient (Wildman–Crippen LogP) is 0.337. The lowest BCUT2D eigenvalue weighted by molar-refractivity contribution is -0.143. The molecule has 3 nitrogen and oxygen atoms in total. The van der Waals surface area contributed by atoms with Crippen LogP contribution in [0.1, 0.15) is 12.8 Å². The van der Waals surface area contributed by atoms with Crippen molar-refractivity contribution in [3.63, 3.8) is 0 Å². The van der Waals surface area contributed by atoms with Crippen LogP contribution in [0.4, 0.5) is 0 Å². The van der Waals surface area contributed by atoms with Crippen molar-refractivity contribution in [3.8, 4) is 0 Å². The van der Waals surface area contributed by atoms with Gasteiger partial charge in [-0.25, -0.2) is 0 Å². The van der Waals surface area contributed by atoms with E-state index in [9.17, 15) is 4.79 Å². The van der Waals surface area contributed by atoms with Gasteiger partial charge in [-0.05, 0) is 12.8 Å². The van der Waals surface area contributed by atoms with Gasteiger partial charge in [-0.15, -0.1) is 0 Å². The Kier molecular flexibility index (Phi) is 0.969. The van der Waals surface area contributed by atoms with Crippen LogP contribution in [0.5, 0.6) is 0 Å². The molecular weight excluding hydrogens is 144 g/mol. The third kappa shape index (κ3) is 0.601. The van der Waals surface area contributed by atoms with Crippen molar-refractivity contribution in [2.24, 2.45) is 11.8 Å². The number of carbonyl (C=O) groups is 1. The molecule has 0 aliphatic carbocycles. The standard InChI is InChI=1S/C8H10O3/c9-8-7-4(3-10-8)5-1-2-6(7)11-5/h4-7H,1-3H2/t4-,5-,6+,7+/m1/s1. The second-order valence-electron chi connectivity index (χ2n) is 3.61. The number of cyclic esters (lactones) is 1. The fourth-order valence-electron chi connectivity index (χ4n) is 2.59. The minimum absolute atomic E-state index is 0.0257. The molecule has 0 unspecified atom stereocenters. The monoisotopic (exact) mass is 154 g/mol. The van der Waals surface area contributed by atoms with Gasteiger partial charge in [0.2, 0.25) is 0 Å². The number of carbonyl (C=O) groups excluding carboxylic acids is 1. The van der Waals surface area contributed by atoms with Crippen LogP contribution >= 0.6 is 0 Å². The SMILES string of the molecule is O=C1OC[C@H]2[C@H]1[C@@H]1CC[C@H]2O1. The molecule has 0 aromatic carbocycles. The second kappa shape index (κ2) is 1.78. The molecule has 3 heterocycles. The molecule has 60 valence electrons. The Labute approximate surface area is 64.7 Å². The zero-order chi connectivity index (χ0) is 7.42. The topological polar surface area (TPSA) is 35.5 Å². The van der Waals surface area contributed by atoms with Crippen molar-refractivity contribution >= 4 is 5.97 Å². The lowest BCUT2D eigenvalue weighted by atomic mass is 9.81. The summed E-state index contributed by atoms with van der Waals surface area (Å²) in [5.41, 5.74) is 0. The molecule has 0 N–H and O–H groups in total. The summed E-state index contributed by atoms with van der Waals surface area (Å²) in [6.45, 7) is 0.602. The van der Waals surface area contributed by atoms with Gasteiger partial charge in [-0.1, -0.05) is 0 Å².